The molecule has 0 spiro atoms. The highest BCUT2D eigenvalue weighted by Gasteiger charge is 2.30. The van der Waals surface area contributed by atoms with E-state index in [0.717, 1.165) is 15.4 Å². The van der Waals surface area contributed by atoms with Crippen LogP contribution in [0.4, 0.5) is 5.82 Å². The summed E-state index contributed by atoms with van der Waals surface area (Å²) < 4.78 is 30.1. The van der Waals surface area contributed by atoms with Gasteiger partial charge in [0, 0.05) is 44.6 Å². The number of sulfonamides is 1. The molecule has 0 radical (unpaired) electrons. The molecule has 1 aliphatic rings. The molecule has 0 N–H and O–H groups in total. The average molecular weight is 454 g/mol. The first-order chi connectivity index (χ1) is 12.5. The Hall–Kier alpha value is -1.75. The first-order valence-electron chi connectivity index (χ1n) is 8.00. The molecule has 136 valence electrons. The number of rotatable bonds is 4. The molecule has 0 unspecified atom stereocenters. The lowest BCUT2D eigenvalue weighted by Gasteiger charge is -2.34. The van der Waals surface area contributed by atoms with E-state index >= 15 is 0 Å². The van der Waals surface area contributed by atoms with E-state index in [-0.39, 0.29) is 0 Å². The zero-order valence-corrected chi connectivity index (χ0v) is 16.9. The van der Waals surface area contributed by atoms with Crippen molar-refractivity contribution < 1.29 is 8.42 Å². The highest BCUT2D eigenvalue weighted by atomic mass is 79.9. The summed E-state index contributed by atoms with van der Waals surface area (Å²) in [5.74, 6) is 1.60. The van der Waals surface area contributed by atoms with E-state index in [4.69, 9.17) is 0 Å². The summed E-state index contributed by atoms with van der Waals surface area (Å²) in [7, 11) is -3.43. The Morgan fingerprint density at radius 1 is 1.00 bits per heavy atom. The molecule has 1 saturated heterocycles. The number of anilines is 1. The van der Waals surface area contributed by atoms with Crippen molar-refractivity contribution in [2.75, 3.05) is 31.1 Å². The van der Waals surface area contributed by atoms with Crippen LogP contribution in [-0.2, 0) is 10.0 Å². The molecule has 0 amide bonds. The second-order valence-electron chi connectivity index (χ2n) is 5.77. The van der Waals surface area contributed by atoms with Crippen molar-refractivity contribution >= 4 is 43.1 Å². The molecular weight excluding hydrogens is 438 g/mol. The summed E-state index contributed by atoms with van der Waals surface area (Å²) in [6.07, 6.45) is 5.39. The first-order valence-corrected chi connectivity index (χ1v) is 11.0. The van der Waals surface area contributed by atoms with Gasteiger partial charge in [-0.1, -0.05) is 0 Å². The van der Waals surface area contributed by atoms with E-state index in [1.807, 2.05) is 35.2 Å². The van der Waals surface area contributed by atoms with Crippen LogP contribution in [0.5, 0.6) is 0 Å². The molecule has 3 aromatic heterocycles. The largest absolute Gasteiger partial charge is 0.354 e. The van der Waals surface area contributed by atoms with Gasteiger partial charge >= 0.3 is 0 Å². The molecule has 4 rings (SSSR count). The Labute approximate surface area is 164 Å². The van der Waals surface area contributed by atoms with Crippen molar-refractivity contribution in [3.05, 3.63) is 52.8 Å². The third-order valence-electron chi connectivity index (χ3n) is 4.21. The molecule has 0 atom stereocenters. The van der Waals surface area contributed by atoms with Crippen LogP contribution in [0.1, 0.15) is 0 Å². The molecular formula is C16H16BrN5O2S2. The predicted molar refractivity (Wildman–Crippen MR) is 104 cm³/mol. The van der Waals surface area contributed by atoms with Gasteiger partial charge in [-0.3, -0.25) is 0 Å². The lowest BCUT2D eigenvalue weighted by Crippen LogP contribution is -2.48. The molecule has 7 nitrogen and oxygen atoms in total. The monoisotopic (exact) mass is 453 g/mol. The third-order valence-corrected chi connectivity index (χ3v) is 8.20. The maximum atomic E-state index is 12.7. The SMILES string of the molecule is O=S(=O)(c1ccc(Br)s1)N1CCN(c2cc(-n3cccc3)ncn2)CC1. The number of hydrogen-bond acceptors (Lipinski definition) is 6. The fourth-order valence-corrected chi connectivity index (χ4v) is 6.45. The lowest BCUT2D eigenvalue weighted by molar-refractivity contribution is 0.384. The average Bonchev–Trinajstić information content (AvgIpc) is 3.34. The number of thiophene rings is 1. The number of halogens is 1. The molecule has 0 saturated carbocycles. The fourth-order valence-electron chi connectivity index (χ4n) is 2.86. The minimum absolute atomic E-state index is 0.370. The van der Waals surface area contributed by atoms with E-state index in [2.05, 4.69) is 30.8 Å². The van der Waals surface area contributed by atoms with Crippen molar-refractivity contribution in [1.82, 2.24) is 18.8 Å². The van der Waals surface area contributed by atoms with Gasteiger partial charge in [-0.25, -0.2) is 18.4 Å². The molecule has 0 bridgehead atoms. The topological polar surface area (TPSA) is 71.3 Å². The standard InChI is InChI=1S/C16H16BrN5O2S2/c17-13-3-4-16(25-13)26(23,24)22-9-7-21(8-10-22)15-11-14(18-12-19-15)20-5-1-2-6-20/h1-6,11-12H,7-10H2. The van der Waals surface area contributed by atoms with Gasteiger partial charge in [0.05, 0.1) is 3.79 Å². The Kier molecular flexibility index (Phi) is 4.82. The summed E-state index contributed by atoms with van der Waals surface area (Å²) in [6.45, 7) is 2.04. The van der Waals surface area contributed by atoms with Gasteiger partial charge < -0.3 is 9.47 Å². The van der Waals surface area contributed by atoms with Crippen molar-refractivity contribution in [3.63, 3.8) is 0 Å². The predicted octanol–water partition coefficient (Wildman–Crippen LogP) is 2.60. The molecule has 1 fully saturated rings. The van der Waals surface area contributed by atoms with Gasteiger partial charge in [-0.2, -0.15) is 4.31 Å². The third kappa shape index (κ3) is 3.41. The zero-order chi connectivity index (χ0) is 18.1. The number of hydrogen-bond donors (Lipinski definition) is 0. The maximum absolute atomic E-state index is 12.7. The Bertz CT molecular complexity index is 995. The van der Waals surface area contributed by atoms with E-state index in [0.29, 0.717) is 30.4 Å². The minimum atomic E-state index is -3.43. The smallest absolute Gasteiger partial charge is 0.252 e. The summed E-state index contributed by atoms with van der Waals surface area (Å²) in [5, 5.41) is 0. The summed E-state index contributed by atoms with van der Waals surface area (Å²) in [6, 6.07) is 9.20. The van der Waals surface area contributed by atoms with Crippen molar-refractivity contribution in [2.45, 2.75) is 4.21 Å². The van der Waals surface area contributed by atoms with Crippen molar-refractivity contribution in [3.8, 4) is 5.82 Å². The van der Waals surface area contributed by atoms with Crippen molar-refractivity contribution in [2.24, 2.45) is 0 Å². The van der Waals surface area contributed by atoms with Gasteiger partial charge in [0.2, 0.25) is 0 Å². The number of nitrogens with zero attached hydrogens (tertiary/aromatic N) is 5. The highest BCUT2D eigenvalue weighted by molar-refractivity contribution is 9.11. The van der Waals surface area contributed by atoms with E-state index in [1.165, 1.54) is 22.0 Å². The summed E-state index contributed by atoms with van der Waals surface area (Å²) in [4.78, 5) is 10.7. The molecule has 1 aliphatic heterocycles. The van der Waals surface area contributed by atoms with Gasteiger partial charge in [0.15, 0.2) is 0 Å². The summed E-state index contributed by atoms with van der Waals surface area (Å²) in [5.41, 5.74) is 0. The quantitative estimate of drug-likeness (QED) is 0.606. The number of piperazine rings is 1. The zero-order valence-electron chi connectivity index (χ0n) is 13.7. The molecule has 0 aliphatic carbocycles. The van der Waals surface area contributed by atoms with Crippen LogP contribution in [0.3, 0.4) is 0 Å². The minimum Gasteiger partial charge on any atom is -0.354 e. The van der Waals surface area contributed by atoms with E-state index in [9.17, 15) is 8.42 Å². The van der Waals surface area contributed by atoms with E-state index in [1.54, 1.807) is 12.1 Å². The van der Waals surface area contributed by atoms with Crippen LogP contribution in [0.15, 0.2) is 57.0 Å². The van der Waals surface area contributed by atoms with Crippen molar-refractivity contribution in [1.29, 1.82) is 0 Å². The lowest BCUT2D eigenvalue weighted by atomic mass is 10.3. The van der Waals surface area contributed by atoms with Crippen LogP contribution in [0.25, 0.3) is 5.82 Å². The van der Waals surface area contributed by atoms with Crippen LogP contribution in [-0.4, -0.2) is 53.4 Å². The molecule has 0 aromatic carbocycles. The van der Waals surface area contributed by atoms with Crippen LogP contribution < -0.4 is 4.90 Å². The fraction of sp³-hybridized carbons (Fsp3) is 0.250. The highest BCUT2D eigenvalue weighted by Crippen LogP contribution is 2.29. The van der Waals surface area contributed by atoms with Gasteiger partial charge in [0.25, 0.3) is 10.0 Å². The Balaban J connectivity index is 1.48. The van der Waals surface area contributed by atoms with Crippen LogP contribution >= 0.6 is 27.3 Å². The Morgan fingerprint density at radius 3 is 2.35 bits per heavy atom. The molecule has 4 heterocycles. The van der Waals surface area contributed by atoms with Crippen LogP contribution in [0.2, 0.25) is 0 Å². The number of aromatic nitrogens is 3. The first kappa shape index (κ1) is 17.7. The van der Waals surface area contributed by atoms with Gasteiger partial charge in [0.1, 0.15) is 22.2 Å². The Morgan fingerprint density at radius 2 is 1.69 bits per heavy atom. The normalized spacial score (nSPS) is 16.1. The molecule has 3 aromatic rings. The molecule has 26 heavy (non-hydrogen) atoms. The van der Waals surface area contributed by atoms with Gasteiger partial charge in [-0.15, -0.1) is 11.3 Å². The maximum Gasteiger partial charge on any atom is 0.252 e. The molecule has 10 heteroatoms. The second kappa shape index (κ2) is 7.10. The van der Waals surface area contributed by atoms with Gasteiger partial charge in [-0.05, 0) is 40.2 Å². The summed E-state index contributed by atoms with van der Waals surface area (Å²) >= 11 is 4.56. The van der Waals surface area contributed by atoms with Crippen LogP contribution in [0, 0.1) is 0 Å². The second-order valence-corrected chi connectivity index (χ2v) is 10.4. The van der Waals surface area contributed by atoms with E-state index < -0.39 is 10.0 Å².